The molecule has 2 aromatic rings. The Balaban J connectivity index is 0.000000321. The van der Waals surface area contributed by atoms with E-state index in [2.05, 4.69) is 13.8 Å². The van der Waals surface area contributed by atoms with Crippen LogP contribution in [-0.2, 0) is 12.8 Å². The maximum absolute atomic E-state index is 8.94. The molecule has 0 saturated carbocycles. The Morgan fingerprint density at radius 1 is 0.700 bits per heavy atom. The number of aromatic hydroxyl groups is 2. The van der Waals surface area contributed by atoms with Gasteiger partial charge in [-0.2, -0.15) is 0 Å². The van der Waals surface area contributed by atoms with Gasteiger partial charge in [0.1, 0.15) is 11.5 Å². The minimum Gasteiger partial charge on any atom is -0.508 e. The van der Waals surface area contributed by atoms with Crippen molar-refractivity contribution in [2.24, 2.45) is 0 Å². The van der Waals surface area contributed by atoms with E-state index < -0.39 is 0 Å². The van der Waals surface area contributed by atoms with Crippen molar-refractivity contribution in [1.29, 1.82) is 0 Å². The smallest absolute Gasteiger partial charge is 0.115 e. The maximum Gasteiger partial charge on any atom is 0.115 e. The van der Waals surface area contributed by atoms with Crippen LogP contribution in [-0.4, -0.2) is 10.2 Å². The molecular weight excluding hydrogens is 248 g/mol. The van der Waals surface area contributed by atoms with E-state index in [4.69, 9.17) is 10.2 Å². The number of phenolic OH excluding ortho intramolecular Hbond substituents is 2. The summed E-state index contributed by atoms with van der Waals surface area (Å²) < 4.78 is 0. The molecule has 0 fully saturated rings. The van der Waals surface area contributed by atoms with Crippen molar-refractivity contribution in [1.82, 2.24) is 0 Å². The lowest BCUT2D eigenvalue weighted by Crippen LogP contribution is -1.75. The van der Waals surface area contributed by atoms with E-state index in [1.54, 1.807) is 24.3 Å². The Hall–Kier alpha value is -1.96. The second kappa shape index (κ2) is 10.9. The molecule has 0 amide bonds. The third-order valence-electron chi connectivity index (χ3n) is 2.66. The first-order valence-electron chi connectivity index (χ1n) is 7.21. The zero-order chi connectivity index (χ0) is 15.4. The standard InChI is InChI=1S/2C8H10O.C2H6/c1-2-7-3-5-8(9)6-4-7;1-2-7-4-3-5-8(9)6-7;1-2/h2*3-6,9H,2H2,1H3;1-2H3. The number of rotatable bonds is 2. The van der Waals surface area contributed by atoms with Crippen molar-refractivity contribution in [3.05, 3.63) is 59.7 Å². The quantitative estimate of drug-likeness (QED) is 0.814. The van der Waals surface area contributed by atoms with Crippen molar-refractivity contribution in [2.45, 2.75) is 40.5 Å². The summed E-state index contributed by atoms with van der Waals surface area (Å²) in [5.41, 5.74) is 2.43. The average molecular weight is 274 g/mol. The molecule has 0 spiro atoms. The van der Waals surface area contributed by atoms with Crippen LogP contribution < -0.4 is 0 Å². The van der Waals surface area contributed by atoms with E-state index >= 15 is 0 Å². The third-order valence-corrected chi connectivity index (χ3v) is 2.66. The van der Waals surface area contributed by atoms with Crippen molar-refractivity contribution in [3.8, 4) is 11.5 Å². The molecule has 0 aliphatic rings. The summed E-state index contributed by atoms with van der Waals surface area (Å²) in [6.07, 6.45) is 2.01. The summed E-state index contributed by atoms with van der Waals surface area (Å²) in [6, 6.07) is 14.6. The van der Waals surface area contributed by atoms with Gasteiger partial charge in [0.15, 0.2) is 0 Å². The van der Waals surface area contributed by atoms with E-state index in [9.17, 15) is 0 Å². The molecule has 110 valence electrons. The van der Waals surface area contributed by atoms with Gasteiger partial charge >= 0.3 is 0 Å². The lowest BCUT2D eigenvalue weighted by molar-refractivity contribution is 0.474. The predicted molar refractivity (Wildman–Crippen MR) is 86.3 cm³/mol. The molecule has 2 N–H and O–H groups in total. The number of benzene rings is 2. The van der Waals surface area contributed by atoms with Gasteiger partial charge in [0.05, 0.1) is 0 Å². The van der Waals surface area contributed by atoms with Crippen LogP contribution in [0, 0.1) is 0 Å². The molecule has 20 heavy (non-hydrogen) atoms. The summed E-state index contributed by atoms with van der Waals surface area (Å²) in [7, 11) is 0. The molecule has 0 aliphatic heterocycles. The van der Waals surface area contributed by atoms with Crippen LogP contribution in [0.3, 0.4) is 0 Å². The Morgan fingerprint density at radius 2 is 1.25 bits per heavy atom. The monoisotopic (exact) mass is 274 g/mol. The van der Waals surface area contributed by atoms with Gasteiger partial charge in [-0.05, 0) is 48.2 Å². The van der Waals surface area contributed by atoms with E-state index in [1.807, 2.05) is 38.1 Å². The van der Waals surface area contributed by atoms with Crippen molar-refractivity contribution in [3.63, 3.8) is 0 Å². The molecule has 0 radical (unpaired) electrons. The van der Waals surface area contributed by atoms with E-state index in [-0.39, 0.29) is 0 Å². The number of hydrogen-bond donors (Lipinski definition) is 2. The molecule has 2 aromatic carbocycles. The Bertz CT molecular complexity index is 461. The molecule has 0 atom stereocenters. The third kappa shape index (κ3) is 7.47. The van der Waals surface area contributed by atoms with Gasteiger partial charge in [-0.3, -0.25) is 0 Å². The largest absolute Gasteiger partial charge is 0.508 e. The highest BCUT2D eigenvalue weighted by Gasteiger charge is 1.88. The molecule has 2 nitrogen and oxygen atoms in total. The van der Waals surface area contributed by atoms with Gasteiger partial charge in [0, 0.05) is 0 Å². The first-order chi connectivity index (χ1) is 9.65. The van der Waals surface area contributed by atoms with E-state index in [0.29, 0.717) is 11.5 Å². The molecule has 2 rings (SSSR count). The van der Waals surface area contributed by atoms with Crippen LogP contribution in [0.1, 0.15) is 38.8 Å². The van der Waals surface area contributed by atoms with Crippen LogP contribution in [0.25, 0.3) is 0 Å². The zero-order valence-electron chi connectivity index (χ0n) is 12.9. The van der Waals surface area contributed by atoms with Gasteiger partial charge in [0.25, 0.3) is 0 Å². The fraction of sp³-hybridized carbons (Fsp3) is 0.333. The summed E-state index contributed by atoms with van der Waals surface area (Å²) in [5.74, 6) is 0.696. The van der Waals surface area contributed by atoms with E-state index in [0.717, 1.165) is 12.8 Å². The first-order valence-corrected chi connectivity index (χ1v) is 7.21. The van der Waals surface area contributed by atoms with Crippen molar-refractivity contribution in [2.75, 3.05) is 0 Å². The van der Waals surface area contributed by atoms with Crippen LogP contribution >= 0.6 is 0 Å². The minimum atomic E-state index is 0.340. The Labute approximate surface area is 122 Å². The fourth-order valence-electron chi connectivity index (χ4n) is 1.51. The SMILES string of the molecule is CC.CCc1ccc(O)cc1.CCc1cccc(O)c1. The highest BCUT2D eigenvalue weighted by Crippen LogP contribution is 2.10. The second-order valence-corrected chi connectivity index (χ2v) is 4.04. The number of phenols is 2. The van der Waals surface area contributed by atoms with Crippen LogP contribution in [0.2, 0.25) is 0 Å². The Kier molecular flexibility index (Phi) is 9.85. The molecule has 0 aliphatic carbocycles. The van der Waals surface area contributed by atoms with Gasteiger partial charge in [0.2, 0.25) is 0 Å². The maximum atomic E-state index is 8.94. The van der Waals surface area contributed by atoms with Crippen LogP contribution in [0.15, 0.2) is 48.5 Å². The lowest BCUT2D eigenvalue weighted by Gasteiger charge is -1.94. The molecule has 0 aromatic heterocycles. The van der Waals surface area contributed by atoms with Gasteiger partial charge in [-0.15, -0.1) is 0 Å². The Morgan fingerprint density at radius 3 is 1.65 bits per heavy atom. The summed E-state index contributed by atoms with van der Waals surface area (Å²) in [5, 5.41) is 17.8. The van der Waals surface area contributed by atoms with E-state index in [1.165, 1.54) is 11.1 Å². The molecular formula is C18H26O2. The summed E-state index contributed by atoms with van der Waals surface area (Å²) in [4.78, 5) is 0. The number of aryl methyl sites for hydroxylation is 2. The molecule has 0 bridgehead atoms. The lowest BCUT2D eigenvalue weighted by atomic mass is 10.2. The van der Waals surface area contributed by atoms with Gasteiger partial charge in [-0.25, -0.2) is 0 Å². The first kappa shape index (κ1) is 18.0. The molecule has 2 heteroatoms. The fourth-order valence-corrected chi connectivity index (χ4v) is 1.51. The summed E-state index contributed by atoms with van der Waals surface area (Å²) >= 11 is 0. The van der Waals surface area contributed by atoms with Crippen molar-refractivity contribution >= 4 is 0 Å². The molecule has 0 saturated heterocycles. The summed E-state index contributed by atoms with van der Waals surface area (Å²) in [6.45, 7) is 8.15. The zero-order valence-corrected chi connectivity index (χ0v) is 12.9. The highest BCUT2D eigenvalue weighted by atomic mass is 16.3. The van der Waals surface area contributed by atoms with Gasteiger partial charge < -0.3 is 10.2 Å². The topological polar surface area (TPSA) is 40.5 Å². The normalized spacial score (nSPS) is 8.80. The average Bonchev–Trinajstić information content (AvgIpc) is 2.51. The predicted octanol–water partition coefficient (Wildman–Crippen LogP) is 4.94. The van der Waals surface area contributed by atoms with Gasteiger partial charge in [-0.1, -0.05) is 52.0 Å². The van der Waals surface area contributed by atoms with Crippen molar-refractivity contribution < 1.29 is 10.2 Å². The van der Waals surface area contributed by atoms with Crippen LogP contribution in [0.4, 0.5) is 0 Å². The van der Waals surface area contributed by atoms with Crippen LogP contribution in [0.5, 0.6) is 11.5 Å². The second-order valence-electron chi connectivity index (χ2n) is 4.04. The highest BCUT2D eigenvalue weighted by molar-refractivity contribution is 5.27. The molecule has 0 heterocycles. The number of hydrogen-bond acceptors (Lipinski definition) is 2. The minimum absolute atomic E-state index is 0.340. The molecule has 0 unspecified atom stereocenters.